The number of non-ortho nitro benzene ring substituents is 1. The number of carbonyl (C=O) groups is 2. The van der Waals surface area contributed by atoms with E-state index >= 15 is 0 Å². The standard InChI is InChI=1S/C11H10N2O6/c14-8-2-1-6(13(17)18)5-7(8)12-11(16)9-3-4-10(15)19-9/h1-2,5,9,14H,3-4H2,(H,12,16). The summed E-state index contributed by atoms with van der Waals surface area (Å²) in [5.74, 6) is -1.40. The van der Waals surface area contributed by atoms with Crippen molar-refractivity contribution in [1.29, 1.82) is 0 Å². The van der Waals surface area contributed by atoms with Crippen molar-refractivity contribution in [3.05, 3.63) is 28.3 Å². The highest BCUT2D eigenvalue weighted by Crippen LogP contribution is 2.28. The third-order valence-corrected chi connectivity index (χ3v) is 2.63. The lowest BCUT2D eigenvalue weighted by Crippen LogP contribution is -2.27. The first-order valence-electron chi connectivity index (χ1n) is 5.45. The van der Waals surface area contributed by atoms with Crippen LogP contribution in [0.25, 0.3) is 0 Å². The van der Waals surface area contributed by atoms with Crippen molar-refractivity contribution in [2.75, 3.05) is 5.32 Å². The summed E-state index contributed by atoms with van der Waals surface area (Å²) in [6.45, 7) is 0. The average molecular weight is 266 g/mol. The molecule has 1 aromatic carbocycles. The van der Waals surface area contributed by atoms with Crippen molar-refractivity contribution in [2.24, 2.45) is 0 Å². The topological polar surface area (TPSA) is 119 Å². The molecule has 0 aromatic heterocycles. The lowest BCUT2D eigenvalue weighted by molar-refractivity contribution is -0.384. The molecule has 19 heavy (non-hydrogen) atoms. The maximum absolute atomic E-state index is 11.7. The lowest BCUT2D eigenvalue weighted by atomic mass is 10.2. The maximum Gasteiger partial charge on any atom is 0.306 e. The van der Waals surface area contributed by atoms with Crippen LogP contribution in [0.5, 0.6) is 5.75 Å². The molecule has 1 aliphatic heterocycles. The molecule has 0 saturated carbocycles. The Balaban J connectivity index is 2.14. The fourth-order valence-electron chi connectivity index (χ4n) is 1.66. The number of nitrogens with one attached hydrogen (secondary N) is 1. The number of hydrogen-bond donors (Lipinski definition) is 2. The van der Waals surface area contributed by atoms with E-state index in [2.05, 4.69) is 5.32 Å². The van der Waals surface area contributed by atoms with Gasteiger partial charge in [-0.3, -0.25) is 19.7 Å². The van der Waals surface area contributed by atoms with Gasteiger partial charge in [-0.25, -0.2) is 0 Å². The summed E-state index contributed by atoms with van der Waals surface area (Å²) >= 11 is 0. The Bertz CT molecular complexity index is 556. The number of phenolic OH excluding ortho intramolecular Hbond substituents is 1. The molecule has 2 N–H and O–H groups in total. The van der Waals surface area contributed by atoms with Crippen LogP contribution in [0, 0.1) is 10.1 Å². The van der Waals surface area contributed by atoms with E-state index in [-0.39, 0.29) is 30.0 Å². The Hall–Kier alpha value is -2.64. The van der Waals surface area contributed by atoms with E-state index in [4.69, 9.17) is 4.74 Å². The second-order valence-electron chi connectivity index (χ2n) is 3.96. The maximum atomic E-state index is 11.7. The van der Waals surface area contributed by atoms with Gasteiger partial charge in [0.1, 0.15) is 5.75 Å². The number of benzene rings is 1. The van der Waals surface area contributed by atoms with Crippen LogP contribution in [0.4, 0.5) is 11.4 Å². The van der Waals surface area contributed by atoms with Crippen LogP contribution in [0.15, 0.2) is 18.2 Å². The van der Waals surface area contributed by atoms with E-state index < -0.39 is 22.9 Å². The summed E-state index contributed by atoms with van der Waals surface area (Å²) in [6, 6.07) is 3.25. The molecule has 0 radical (unpaired) electrons. The van der Waals surface area contributed by atoms with Crippen molar-refractivity contribution in [3.8, 4) is 5.75 Å². The fraction of sp³-hybridized carbons (Fsp3) is 0.273. The molecule has 2 rings (SSSR count). The molecule has 1 fully saturated rings. The molecule has 0 spiro atoms. The smallest absolute Gasteiger partial charge is 0.306 e. The number of cyclic esters (lactones) is 1. The van der Waals surface area contributed by atoms with Crippen LogP contribution in [-0.2, 0) is 14.3 Å². The van der Waals surface area contributed by atoms with Gasteiger partial charge in [0, 0.05) is 25.0 Å². The molecule has 0 aliphatic carbocycles. The number of nitrogens with zero attached hydrogens (tertiary/aromatic N) is 1. The summed E-state index contributed by atoms with van der Waals surface area (Å²) in [4.78, 5) is 32.5. The van der Waals surface area contributed by atoms with E-state index in [9.17, 15) is 24.8 Å². The van der Waals surface area contributed by atoms with Crippen molar-refractivity contribution in [2.45, 2.75) is 18.9 Å². The number of ether oxygens (including phenoxy) is 1. The van der Waals surface area contributed by atoms with Crippen LogP contribution in [0.2, 0.25) is 0 Å². The molecule has 1 atom stereocenters. The van der Waals surface area contributed by atoms with Crippen LogP contribution < -0.4 is 5.32 Å². The zero-order valence-electron chi connectivity index (χ0n) is 9.66. The molecule has 1 unspecified atom stereocenters. The van der Waals surface area contributed by atoms with Crippen molar-refractivity contribution >= 4 is 23.3 Å². The monoisotopic (exact) mass is 266 g/mol. The third-order valence-electron chi connectivity index (χ3n) is 2.63. The Kier molecular flexibility index (Phi) is 3.32. The summed E-state index contributed by atoms with van der Waals surface area (Å²) in [5.41, 5.74) is -0.362. The normalized spacial score (nSPS) is 17.9. The third kappa shape index (κ3) is 2.79. The van der Waals surface area contributed by atoms with E-state index in [1.165, 1.54) is 0 Å². The number of nitro groups is 1. The number of aromatic hydroxyl groups is 1. The van der Waals surface area contributed by atoms with Crippen LogP contribution >= 0.6 is 0 Å². The minimum absolute atomic E-state index is 0.0952. The molecule has 1 saturated heterocycles. The van der Waals surface area contributed by atoms with E-state index in [0.717, 1.165) is 18.2 Å². The number of rotatable bonds is 3. The highest BCUT2D eigenvalue weighted by atomic mass is 16.6. The molecule has 100 valence electrons. The van der Waals surface area contributed by atoms with Crippen molar-refractivity contribution in [1.82, 2.24) is 0 Å². The number of nitro benzene ring substituents is 1. The van der Waals surface area contributed by atoms with Gasteiger partial charge in [-0.05, 0) is 6.07 Å². The van der Waals surface area contributed by atoms with Crippen LogP contribution in [0.1, 0.15) is 12.8 Å². The van der Waals surface area contributed by atoms with E-state index in [1.54, 1.807) is 0 Å². The highest BCUT2D eigenvalue weighted by molar-refractivity contribution is 5.97. The number of anilines is 1. The molecular weight excluding hydrogens is 256 g/mol. The first-order valence-corrected chi connectivity index (χ1v) is 5.45. The number of amides is 1. The van der Waals surface area contributed by atoms with Gasteiger partial charge in [-0.2, -0.15) is 0 Å². The highest BCUT2D eigenvalue weighted by Gasteiger charge is 2.30. The second kappa shape index (κ2) is 4.92. The SMILES string of the molecule is O=C1CCC(C(=O)Nc2cc([N+](=O)[O-])ccc2O)O1. The fourth-order valence-corrected chi connectivity index (χ4v) is 1.66. The average Bonchev–Trinajstić information content (AvgIpc) is 2.78. The Labute approximate surface area is 107 Å². The minimum Gasteiger partial charge on any atom is -0.506 e. The Morgan fingerprint density at radius 3 is 2.84 bits per heavy atom. The Morgan fingerprint density at radius 1 is 1.53 bits per heavy atom. The van der Waals surface area contributed by atoms with Gasteiger partial charge in [0.25, 0.3) is 11.6 Å². The number of hydrogen-bond acceptors (Lipinski definition) is 6. The van der Waals surface area contributed by atoms with E-state index in [0.29, 0.717) is 0 Å². The molecule has 1 aromatic rings. The van der Waals surface area contributed by atoms with Crippen molar-refractivity contribution < 1.29 is 24.4 Å². The molecule has 0 bridgehead atoms. The van der Waals surface area contributed by atoms with Gasteiger partial charge < -0.3 is 15.2 Å². The van der Waals surface area contributed by atoms with Gasteiger partial charge in [-0.15, -0.1) is 0 Å². The first-order chi connectivity index (χ1) is 8.97. The van der Waals surface area contributed by atoms with Crippen LogP contribution in [0.3, 0.4) is 0 Å². The second-order valence-corrected chi connectivity index (χ2v) is 3.96. The van der Waals surface area contributed by atoms with Crippen LogP contribution in [-0.4, -0.2) is 28.0 Å². The largest absolute Gasteiger partial charge is 0.506 e. The molecule has 8 nitrogen and oxygen atoms in total. The summed E-state index contributed by atoms with van der Waals surface area (Å²) in [7, 11) is 0. The van der Waals surface area contributed by atoms with Gasteiger partial charge in [0.05, 0.1) is 10.6 Å². The first kappa shape index (κ1) is 12.8. The van der Waals surface area contributed by atoms with Gasteiger partial charge in [0.15, 0.2) is 6.10 Å². The number of esters is 1. The quantitative estimate of drug-likeness (QED) is 0.364. The zero-order valence-corrected chi connectivity index (χ0v) is 9.66. The molecule has 1 amide bonds. The number of phenols is 1. The summed E-state index contributed by atoms with van der Waals surface area (Å²) in [5, 5.41) is 22.4. The predicted molar refractivity (Wildman–Crippen MR) is 62.5 cm³/mol. The van der Waals surface area contributed by atoms with Gasteiger partial charge in [-0.1, -0.05) is 0 Å². The Morgan fingerprint density at radius 2 is 2.26 bits per heavy atom. The minimum atomic E-state index is -0.925. The van der Waals surface area contributed by atoms with Gasteiger partial charge >= 0.3 is 5.97 Å². The van der Waals surface area contributed by atoms with Gasteiger partial charge in [0.2, 0.25) is 0 Å². The molecule has 8 heteroatoms. The zero-order chi connectivity index (χ0) is 14.0. The number of carbonyl (C=O) groups excluding carboxylic acids is 2. The summed E-state index contributed by atoms with van der Waals surface area (Å²) in [6.07, 6.45) is -0.523. The van der Waals surface area contributed by atoms with Crippen molar-refractivity contribution in [3.63, 3.8) is 0 Å². The predicted octanol–water partition coefficient (Wildman–Crippen LogP) is 0.944. The molecule has 1 aliphatic rings. The van der Waals surface area contributed by atoms with E-state index in [1.807, 2.05) is 0 Å². The molecular formula is C11H10N2O6. The molecule has 1 heterocycles. The lowest BCUT2D eigenvalue weighted by Gasteiger charge is -2.11. The summed E-state index contributed by atoms with van der Waals surface area (Å²) < 4.78 is 4.75.